The van der Waals surface area contributed by atoms with E-state index in [9.17, 15) is 42.9 Å². The van der Waals surface area contributed by atoms with Gasteiger partial charge >= 0.3 is 12.1 Å². The quantitative estimate of drug-likeness (QED) is 0.157. The van der Waals surface area contributed by atoms with Crippen molar-refractivity contribution in [2.45, 2.75) is 135 Å². The van der Waals surface area contributed by atoms with Crippen LogP contribution in [0.2, 0.25) is 0 Å². The number of likely N-dealkylation sites (N-methyl/N-ethyl adjacent to an activating group) is 1. The highest BCUT2D eigenvalue weighted by molar-refractivity contribution is 6.00. The third-order valence-electron chi connectivity index (χ3n) is 11.9. The number of amides is 1. The minimum atomic E-state index is -4.49. The second kappa shape index (κ2) is 19.4. The van der Waals surface area contributed by atoms with Crippen molar-refractivity contribution in [2.24, 2.45) is 23.7 Å². The molecule has 1 amide bonds. The minimum absolute atomic E-state index is 0.0897. The number of cyclic esters (lactones) is 1. The first kappa shape index (κ1) is 47.3. The summed E-state index contributed by atoms with van der Waals surface area (Å²) in [5, 5.41) is 39.4. The van der Waals surface area contributed by atoms with Crippen molar-refractivity contribution in [3.63, 3.8) is 0 Å². The molecule has 0 unspecified atom stereocenters. The second-order valence-corrected chi connectivity index (χ2v) is 16.5. The fraction of sp³-hybridized carbons (Fsp3) is 0.725. The van der Waals surface area contributed by atoms with E-state index in [1.165, 1.54) is 44.3 Å². The summed E-state index contributed by atoms with van der Waals surface area (Å²) in [5.41, 5.74) is 3.69. The standard InChI is InChI=1S/C40H62F3N5O10/c1-11-30-39(7,54)36(52)22(4)32(44-31(49)19-48-18-27(45-46-48)25-12-14-26(15-13-25)40(41,42)43)20(2)16-29(55-10)35(23(5)33(50)24(6)37(53)57-30)58-38-34(51)28(47(8)9)17-21(3)56-38/h12-15,18,20-24,28-30,32,34-36,38,45-46,51-52,54H,11,16-17,19H2,1-10H3,(H,44,49)/t20-,21-,22+,23+,24-,28+,29+,30-,32+,34-,35-,36-,38+,39-/m1/s1. The van der Waals surface area contributed by atoms with Crippen LogP contribution in [0.1, 0.15) is 78.9 Å². The number of aliphatic hydroxyl groups excluding tert-OH is 2. The van der Waals surface area contributed by atoms with Crippen LogP contribution in [0.5, 0.6) is 0 Å². The Morgan fingerprint density at radius 1 is 1.09 bits per heavy atom. The number of hydrogen-bond acceptors (Lipinski definition) is 14. The Balaban J connectivity index is 1.67. The van der Waals surface area contributed by atoms with Crippen LogP contribution in [-0.2, 0) is 39.5 Å². The number of nitrogens with one attached hydrogen (secondary N) is 3. The van der Waals surface area contributed by atoms with E-state index in [1.807, 2.05) is 32.8 Å². The highest BCUT2D eigenvalue weighted by Gasteiger charge is 2.49. The van der Waals surface area contributed by atoms with E-state index in [0.717, 1.165) is 12.1 Å². The highest BCUT2D eigenvalue weighted by atomic mass is 19.4. The van der Waals surface area contributed by atoms with Crippen LogP contribution in [0.15, 0.2) is 30.5 Å². The van der Waals surface area contributed by atoms with Gasteiger partial charge in [-0.2, -0.15) is 13.2 Å². The third-order valence-corrected chi connectivity index (χ3v) is 11.9. The summed E-state index contributed by atoms with van der Waals surface area (Å²) >= 11 is 0. The van der Waals surface area contributed by atoms with Crippen molar-refractivity contribution in [1.82, 2.24) is 26.2 Å². The van der Waals surface area contributed by atoms with Gasteiger partial charge in [0.1, 0.15) is 30.3 Å². The van der Waals surface area contributed by atoms with E-state index < -0.39 is 102 Å². The average Bonchev–Trinajstić information content (AvgIpc) is 3.64. The van der Waals surface area contributed by atoms with Gasteiger partial charge < -0.3 is 49.9 Å². The lowest BCUT2D eigenvalue weighted by molar-refractivity contribution is -0.284. The molecule has 0 aliphatic carbocycles. The summed E-state index contributed by atoms with van der Waals surface area (Å²) in [6, 6.07) is 3.34. The number of carbonyl (C=O) groups is 3. The van der Waals surface area contributed by atoms with Crippen LogP contribution in [0, 0.1) is 23.7 Å². The molecule has 58 heavy (non-hydrogen) atoms. The summed E-state index contributed by atoms with van der Waals surface area (Å²) in [6.45, 7) is 11.1. The minimum Gasteiger partial charge on any atom is -0.459 e. The molecule has 14 atom stereocenters. The number of Topliss-reactive ketones (excluding diaryl/α,β-unsaturated/α-hetero) is 1. The molecule has 3 aliphatic rings. The predicted octanol–water partition coefficient (Wildman–Crippen LogP) is 2.59. The molecule has 0 radical (unpaired) electrons. The number of hydrazine groups is 2. The normalized spacial score (nSPS) is 37.2. The fourth-order valence-corrected chi connectivity index (χ4v) is 8.27. The van der Waals surface area contributed by atoms with Gasteiger partial charge in [-0.15, -0.1) is 5.53 Å². The lowest BCUT2D eigenvalue weighted by Crippen LogP contribution is -2.60. The average molecular weight is 830 g/mol. The van der Waals surface area contributed by atoms with Crippen LogP contribution >= 0.6 is 0 Å². The zero-order chi connectivity index (χ0) is 43.4. The number of halogens is 3. The van der Waals surface area contributed by atoms with Crippen molar-refractivity contribution >= 4 is 23.4 Å². The molecule has 0 saturated carbocycles. The Morgan fingerprint density at radius 2 is 1.72 bits per heavy atom. The van der Waals surface area contributed by atoms with Gasteiger partial charge in [0.2, 0.25) is 5.91 Å². The molecule has 18 heteroatoms. The van der Waals surface area contributed by atoms with Gasteiger partial charge in [0.15, 0.2) is 12.1 Å². The van der Waals surface area contributed by atoms with E-state index in [-0.39, 0.29) is 31.5 Å². The number of ketones is 1. The Hall–Kier alpha value is -3.36. The van der Waals surface area contributed by atoms with Crippen LogP contribution in [0.25, 0.3) is 5.70 Å². The molecule has 0 spiro atoms. The van der Waals surface area contributed by atoms with Gasteiger partial charge in [-0.1, -0.05) is 39.8 Å². The first-order chi connectivity index (χ1) is 27.0. The number of ether oxygens (including phenoxy) is 4. The van der Waals surface area contributed by atoms with Gasteiger partial charge in [-0.3, -0.25) is 19.4 Å². The lowest BCUT2D eigenvalue weighted by atomic mass is 9.75. The van der Waals surface area contributed by atoms with Gasteiger partial charge in [0, 0.05) is 42.8 Å². The fourth-order valence-electron chi connectivity index (χ4n) is 8.27. The monoisotopic (exact) mass is 829 g/mol. The van der Waals surface area contributed by atoms with E-state index in [1.54, 1.807) is 20.8 Å². The molecule has 4 rings (SSSR count). The summed E-state index contributed by atoms with van der Waals surface area (Å²) in [7, 11) is 5.10. The summed E-state index contributed by atoms with van der Waals surface area (Å²) < 4.78 is 63.7. The van der Waals surface area contributed by atoms with E-state index in [2.05, 4.69) is 16.3 Å². The molecule has 1 aromatic rings. The van der Waals surface area contributed by atoms with E-state index >= 15 is 0 Å². The first-order valence-corrected chi connectivity index (χ1v) is 19.8. The Labute approximate surface area is 338 Å². The molecule has 0 aromatic heterocycles. The smallest absolute Gasteiger partial charge is 0.416 e. The molecule has 6 N–H and O–H groups in total. The van der Waals surface area contributed by atoms with E-state index in [0.29, 0.717) is 17.7 Å². The lowest BCUT2D eigenvalue weighted by Gasteiger charge is -2.45. The number of hydrogen-bond donors (Lipinski definition) is 6. The number of benzene rings is 1. The zero-order valence-electron chi connectivity index (χ0n) is 34.9. The first-order valence-electron chi connectivity index (χ1n) is 19.8. The zero-order valence-corrected chi connectivity index (χ0v) is 34.9. The number of alkyl halides is 3. The SMILES string of the molecule is CC[C@H]1OC(=O)[C@H](C)C(=O)[C@H](C)[C@@H](O[C@@H]2O[C@H](C)C[C@H](N(C)C)[C@H]2O)[C@@H](OC)C[C@@H](C)[C@H](NC(=O)CN2C=C(c3ccc(C(F)(F)F)cc3)NN2)[C@H](C)[C@@H](O)[C@]1(C)O. The number of esters is 1. The summed E-state index contributed by atoms with van der Waals surface area (Å²) in [6.07, 6.45) is -9.53. The largest absolute Gasteiger partial charge is 0.459 e. The topological polar surface area (TPSA) is 191 Å². The van der Waals surface area contributed by atoms with Crippen molar-refractivity contribution in [3.8, 4) is 0 Å². The third kappa shape index (κ3) is 10.9. The van der Waals surface area contributed by atoms with Gasteiger partial charge in [0.25, 0.3) is 0 Å². The molecular weight excluding hydrogens is 767 g/mol. The second-order valence-electron chi connectivity index (χ2n) is 16.5. The maximum Gasteiger partial charge on any atom is 0.416 e. The Morgan fingerprint density at radius 3 is 2.29 bits per heavy atom. The maximum atomic E-state index is 14.1. The molecule has 3 aliphatic heterocycles. The van der Waals surface area contributed by atoms with Gasteiger partial charge in [-0.25, -0.2) is 0 Å². The molecule has 0 bridgehead atoms. The van der Waals surface area contributed by atoms with Gasteiger partial charge in [0.05, 0.1) is 35.7 Å². The number of methoxy groups -OCH3 is 1. The molecular formula is C40H62F3N5O10. The molecule has 1 aromatic carbocycles. The van der Waals surface area contributed by atoms with Crippen molar-refractivity contribution in [2.75, 3.05) is 27.7 Å². The number of rotatable bonds is 9. The summed E-state index contributed by atoms with van der Waals surface area (Å²) in [4.78, 5) is 43.3. The molecule has 328 valence electrons. The van der Waals surface area contributed by atoms with Crippen LogP contribution in [-0.4, -0.2) is 131 Å². The highest BCUT2D eigenvalue weighted by Crippen LogP contribution is 2.36. The maximum absolute atomic E-state index is 14.1. The van der Waals surface area contributed by atoms with Crippen molar-refractivity contribution < 1.29 is 61.8 Å². The molecule has 15 nitrogen and oxygen atoms in total. The number of nitrogens with zero attached hydrogens (tertiary/aromatic N) is 2. The molecule has 3 heterocycles. The number of carbonyl (C=O) groups excluding carboxylic acids is 3. The van der Waals surface area contributed by atoms with Gasteiger partial charge in [-0.05, 0) is 72.2 Å². The van der Waals surface area contributed by atoms with Crippen LogP contribution < -0.4 is 16.3 Å². The van der Waals surface area contributed by atoms with Crippen LogP contribution in [0.3, 0.4) is 0 Å². The summed E-state index contributed by atoms with van der Waals surface area (Å²) in [5.74, 6) is -5.64. The Bertz CT molecular complexity index is 1600. The number of aliphatic hydroxyl groups is 3. The molecule has 2 fully saturated rings. The van der Waals surface area contributed by atoms with Crippen molar-refractivity contribution in [3.05, 3.63) is 41.6 Å². The molecule has 2 saturated heterocycles. The van der Waals surface area contributed by atoms with Crippen molar-refractivity contribution in [1.29, 1.82) is 0 Å². The van der Waals surface area contributed by atoms with E-state index in [4.69, 9.17) is 18.9 Å². The van der Waals surface area contributed by atoms with Crippen LogP contribution in [0.4, 0.5) is 13.2 Å². The predicted molar refractivity (Wildman–Crippen MR) is 206 cm³/mol. The Kier molecular flexibility index (Phi) is 15.8.